The first-order chi connectivity index (χ1) is 12.0. The van der Waals surface area contributed by atoms with E-state index >= 15 is 0 Å². The van der Waals surface area contributed by atoms with Gasteiger partial charge in [0.1, 0.15) is 0 Å². The smallest absolute Gasteiger partial charge is 0.228 e. The zero-order chi connectivity index (χ0) is 18.0. The second-order valence-corrected chi connectivity index (χ2v) is 7.43. The molecule has 0 aliphatic carbocycles. The van der Waals surface area contributed by atoms with E-state index in [1.165, 1.54) is 0 Å². The Morgan fingerprint density at radius 2 is 2.08 bits per heavy atom. The van der Waals surface area contributed by atoms with Crippen molar-refractivity contribution < 1.29 is 9.59 Å². The lowest BCUT2D eigenvalue weighted by Crippen LogP contribution is -2.47. The van der Waals surface area contributed by atoms with Crippen molar-refractivity contribution in [3.05, 3.63) is 29.8 Å². The van der Waals surface area contributed by atoms with E-state index in [1.807, 2.05) is 30.0 Å². The number of likely N-dealkylation sites (tertiary alicyclic amines) is 1. The maximum atomic E-state index is 13.0. The van der Waals surface area contributed by atoms with Crippen LogP contribution < -0.4 is 10.6 Å². The van der Waals surface area contributed by atoms with Crippen LogP contribution in [-0.4, -0.2) is 42.4 Å². The summed E-state index contributed by atoms with van der Waals surface area (Å²) >= 11 is 0. The summed E-state index contributed by atoms with van der Waals surface area (Å²) in [7, 11) is 0. The van der Waals surface area contributed by atoms with E-state index in [9.17, 15) is 9.59 Å². The number of hydrogen-bond acceptors (Lipinski definition) is 3. The van der Waals surface area contributed by atoms with E-state index in [0.717, 1.165) is 43.6 Å². The quantitative estimate of drug-likeness (QED) is 0.911. The van der Waals surface area contributed by atoms with E-state index in [4.69, 9.17) is 5.73 Å². The molecular formula is C20H29N3O2. The van der Waals surface area contributed by atoms with Crippen molar-refractivity contribution in [1.82, 2.24) is 4.90 Å². The number of carbonyl (C=O) groups excluding carboxylic acids is 2. The van der Waals surface area contributed by atoms with Crippen LogP contribution >= 0.6 is 0 Å². The van der Waals surface area contributed by atoms with E-state index in [0.29, 0.717) is 18.9 Å². The van der Waals surface area contributed by atoms with Crippen LogP contribution in [0.25, 0.3) is 0 Å². The van der Waals surface area contributed by atoms with Crippen LogP contribution in [0.4, 0.5) is 5.69 Å². The number of nitrogens with two attached hydrogens (primary N) is 1. The highest BCUT2D eigenvalue weighted by Crippen LogP contribution is 2.30. The van der Waals surface area contributed by atoms with Crippen molar-refractivity contribution in [3.63, 3.8) is 0 Å². The van der Waals surface area contributed by atoms with Gasteiger partial charge >= 0.3 is 0 Å². The standard InChI is InChI=1S/C20H29N3O2/c1-3-15-7-4-5-9-18(15)23-13-17(11-19(23)24)20(25)22-10-6-8-16(12-22)14(2)21/h4-5,7,9,14,16-17H,3,6,8,10-13,21H2,1-2H3. The van der Waals surface area contributed by atoms with Crippen molar-refractivity contribution in [2.45, 2.75) is 45.6 Å². The largest absolute Gasteiger partial charge is 0.342 e. The number of amides is 2. The molecule has 3 rings (SSSR count). The van der Waals surface area contributed by atoms with Crippen LogP contribution in [0.1, 0.15) is 38.7 Å². The molecule has 2 saturated heterocycles. The number of piperidine rings is 1. The maximum absolute atomic E-state index is 13.0. The fourth-order valence-corrected chi connectivity index (χ4v) is 4.08. The second kappa shape index (κ2) is 7.56. The van der Waals surface area contributed by atoms with E-state index in [1.54, 1.807) is 4.90 Å². The number of rotatable bonds is 4. The normalized spacial score (nSPS) is 25.3. The average molecular weight is 343 g/mol. The molecule has 3 atom stereocenters. The minimum absolute atomic E-state index is 0.0556. The Bertz CT molecular complexity index is 644. The third-order valence-corrected chi connectivity index (χ3v) is 5.65. The summed E-state index contributed by atoms with van der Waals surface area (Å²) < 4.78 is 0. The number of benzene rings is 1. The number of aryl methyl sites for hydroxylation is 1. The summed E-state index contributed by atoms with van der Waals surface area (Å²) in [5.74, 6) is 0.311. The summed E-state index contributed by atoms with van der Waals surface area (Å²) in [5, 5.41) is 0. The zero-order valence-corrected chi connectivity index (χ0v) is 15.3. The monoisotopic (exact) mass is 343 g/mol. The van der Waals surface area contributed by atoms with Gasteiger partial charge in [-0.1, -0.05) is 25.1 Å². The molecule has 2 fully saturated rings. The molecule has 5 heteroatoms. The average Bonchev–Trinajstić information content (AvgIpc) is 3.02. The lowest BCUT2D eigenvalue weighted by molar-refractivity contribution is -0.137. The van der Waals surface area contributed by atoms with Gasteiger partial charge in [-0.2, -0.15) is 0 Å². The SMILES string of the molecule is CCc1ccccc1N1CC(C(=O)N2CCCC(C(C)N)C2)CC1=O. The van der Waals surface area contributed by atoms with Crippen LogP contribution in [0, 0.1) is 11.8 Å². The molecule has 2 aliphatic rings. The fraction of sp³-hybridized carbons (Fsp3) is 0.600. The fourth-order valence-electron chi connectivity index (χ4n) is 4.08. The Balaban J connectivity index is 1.70. The predicted octanol–water partition coefficient (Wildman–Crippen LogP) is 2.19. The number of anilines is 1. The van der Waals surface area contributed by atoms with Gasteiger partial charge in [-0.15, -0.1) is 0 Å². The highest BCUT2D eigenvalue weighted by molar-refractivity contribution is 6.00. The van der Waals surface area contributed by atoms with Gasteiger partial charge in [-0.3, -0.25) is 9.59 Å². The minimum Gasteiger partial charge on any atom is -0.342 e. The lowest BCUT2D eigenvalue weighted by atomic mass is 9.91. The van der Waals surface area contributed by atoms with E-state index in [2.05, 4.69) is 13.0 Å². The van der Waals surface area contributed by atoms with Crippen LogP contribution in [0.5, 0.6) is 0 Å². The van der Waals surface area contributed by atoms with Gasteiger partial charge in [0.05, 0.1) is 5.92 Å². The molecule has 2 aliphatic heterocycles. The Morgan fingerprint density at radius 1 is 1.32 bits per heavy atom. The van der Waals surface area contributed by atoms with Crippen molar-refractivity contribution >= 4 is 17.5 Å². The molecule has 2 heterocycles. The Morgan fingerprint density at radius 3 is 2.80 bits per heavy atom. The van der Waals surface area contributed by atoms with Gasteiger partial charge in [0.2, 0.25) is 11.8 Å². The second-order valence-electron chi connectivity index (χ2n) is 7.43. The van der Waals surface area contributed by atoms with E-state index in [-0.39, 0.29) is 23.8 Å². The number of nitrogens with zero attached hydrogens (tertiary/aromatic N) is 2. The highest BCUT2D eigenvalue weighted by atomic mass is 16.2. The summed E-state index contributed by atoms with van der Waals surface area (Å²) in [6.45, 7) is 6.12. The maximum Gasteiger partial charge on any atom is 0.228 e. The first-order valence-electron chi connectivity index (χ1n) is 9.44. The zero-order valence-electron chi connectivity index (χ0n) is 15.3. The Hall–Kier alpha value is -1.88. The predicted molar refractivity (Wildman–Crippen MR) is 99.2 cm³/mol. The van der Waals surface area contributed by atoms with Crippen LogP contribution in [0.15, 0.2) is 24.3 Å². The Labute approximate surface area is 150 Å². The van der Waals surface area contributed by atoms with Crippen molar-refractivity contribution in [3.8, 4) is 0 Å². The molecule has 0 saturated carbocycles. The third kappa shape index (κ3) is 3.71. The third-order valence-electron chi connectivity index (χ3n) is 5.65. The van der Waals surface area contributed by atoms with Gasteiger partial charge in [0.15, 0.2) is 0 Å². The highest BCUT2D eigenvalue weighted by Gasteiger charge is 2.39. The lowest BCUT2D eigenvalue weighted by Gasteiger charge is -2.35. The molecule has 5 nitrogen and oxygen atoms in total. The molecule has 1 aromatic carbocycles. The van der Waals surface area contributed by atoms with Crippen LogP contribution in [-0.2, 0) is 16.0 Å². The molecule has 0 spiro atoms. The first kappa shape index (κ1) is 17.9. The van der Waals surface area contributed by atoms with E-state index < -0.39 is 0 Å². The number of para-hydroxylation sites is 1. The molecule has 25 heavy (non-hydrogen) atoms. The summed E-state index contributed by atoms with van der Waals surface area (Å²) in [6.07, 6.45) is 3.28. The van der Waals surface area contributed by atoms with Gasteiger partial charge in [-0.25, -0.2) is 0 Å². The minimum atomic E-state index is -0.232. The molecule has 2 amide bonds. The van der Waals surface area contributed by atoms with Crippen molar-refractivity contribution in [2.24, 2.45) is 17.6 Å². The molecule has 0 radical (unpaired) electrons. The van der Waals surface area contributed by atoms with Crippen molar-refractivity contribution in [1.29, 1.82) is 0 Å². The topological polar surface area (TPSA) is 66.6 Å². The molecule has 2 N–H and O–H groups in total. The number of hydrogen-bond donors (Lipinski definition) is 1. The summed E-state index contributed by atoms with van der Waals surface area (Å²) in [5.41, 5.74) is 8.14. The number of carbonyl (C=O) groups is 2. The first-order valence-corrected chi connectivity index (χ1v) is 9.44. The summed E-state index contributed by atoms with van der Waals surface area (Å²) in [6, 6.07) is 8.09. The van der Waals surface area contributed by atoms with Crippen molar-refractivity contribution in [2.75, 3.05) is 24.5 Å². The molecule has 0 aromatic heterocycles. The van der Waals surface area contributed by atoms with Gasteiger partial charge in [0.25, 0.3) is 0 Å². The molecule has 0 bridgehead atoms. The Kier molecular flexibility index (Phi) is 5.42. The van der Waals surface area contributed by atoms with Gasteiger partial charge in [-0.05, 0) is 43.7 Å². The van der Waals surface area contributed by atoms with Crippen LogP contribution in [0.3, 0.4) is 0 Å². The molecule has 1 aromatic rings. The van der Waals surface area contributed by atoms with Gasteiger partial charge < -0.3 is 15.5 Å². The summed E-state index contributed by atoms with van der Waals surface area (Å²) in [4.78, 5) is 29.2. The molecule has 3 unspecified atom stereocenters. The van der Waals surface area contributed by atoms with Crippen LogP contribution in [0.2, 0.25) is 0 Å². The molecule has 136 valence electrons. The van der Waals surface area contributed by atoms with Gasteiger partial charge in [0, 0.05) is 37.8 Å². The molecular weight excluding hydrogens is 314 g/mol.